The molecule has 1 fully saturated rings. The number of hydrogen-bond donors (Lipinski definition) is 0. The third-order valence-electron chi connectivity index (χ3n) is 2.28. The topological polar surface area (TPSA) is 3.24 Å². The van der Waals surface area contributed by atoms with Crippen LogP contribution in [0.15, 0.2) is 12.2 Å². The third-order valence-corrected chi connectivity index (χ3v) is 2.28. The zero-order valence-electron chi connectivity index (χ0n) is 7.55. The summed E-state index contributed by atoms with van der Waals surface area (Å²) in [6, 6.07) is 0. The van der Waals surface area contributed by atoms with Crippen LogP contribution in [0.25, 0.3) is 0 Å². The van der Waals surface area contributed by atoms with E-state index in [1.807, 2.05) is 0 Å². The molecule has 0 aromatic heterocycles. The van der Waals surface area contributed by atoms with Crippen LogP contribution in [-0.2, 0) is 0 Å². The molecule has 0 atom stereocenters. The molecular formula is C10H19N. The first-order valence-electron chi connectivity index (χ1n) is 4.77. The van der Waals surface area contributed by atoms with Crippen molar-refractivity contribution in [3.8, 4) is 0 Å². The summed E-state index contributed by atoms with van der Waals surface area (Å²) in [5.41, 5.74) is 0. The van der Waals surface area contributed by atoms with Crippen LogP contribution < -0.4 is 0 Å². The highest BCUT2D eigenvalue weighted by Gasteiger charge is 2.09. The van der Waals surface area contributed by atoms with Gasteiger partial charge in [0.05, 0.1) is 0 Å². The average molecular weight is 153 g/mol. The van der Waals surface area contributed by atoms with Crippen LogP contribution in [0, 0.1) is 0 Å². The van der Waals surface area contributed by atoms with Crippen LogP contribution in [0.2, 0.25) is 0 Å². The number of unbranched alkanes of at least 4 members (excludes halogenated alkanes) is 1. The van der Waals surface area contributed by atoms with E-state index in [0.717, 1.165) is 0 Å². The van der Waals surface area contributed by atoms with Gasteiger partial charge in [-0.15, -0.1) is 0 Å². The van der Waals surface area contributed by atoms with Gasteiger partial charge in [0.1, 0.15) is 0 Å². The van der Waals surface area contributed by atoms with E-state index in [1.54, 1.807) is 0 Å². The van der Waals surface area contributed by atoms with Crippen molar-refractivity contribution in [3.05, 3.63) is 12.2 Å². The fraction of sp³-hybridized carbons (Fsp3) is 0.800. The van der Waals surface area contributed by atoms with Crippen molar-refractivity contribution in [2.45, 2.75) is 32.6 Å². The summed E-state index contributed by atoms with van der Waals surface area (Å²) < 4.78 is 0. The molecule has 0 bridgehead atoms. The van der Waals surface area contributed by atoms with Gasteiger partial charge in [0, 0.05) is 0 Å². The Bertz CT molecular complexity index is 112. The lowest BCUT2D eigenvalue weighted by molar-refractivity contribution is 0.335. The number of allylic oxidation sites excluding steroid dienone is 2. The lowest BCUT2D eigenvalue weighted by Crippen LogP contribution is -2.19. The van der Waals surface area contributed by atoms with Gasteiger partial charge < -0.3 is 4.90 Å². The molecule has 0 saturated carbocycles. The molecule has 1 nitrogen and oxygen atoms in total. The van der Waals surface area contributed by atoms with E-state index in [-0.39, 0.29) is 0 Å². The molecule has 1 heterocycles. The van der Waals surface area contributed by atoms with Crippen molar-refractivity contribution in [3.63, 3.8) is 0 Å². The summed E-state index contributed by atoms with van der Waals surface area (Å²) in [5.74, 6) is 0. The largest absolute Gasteiger partial charge is 0.303 e. The van der Waals surface area contributed by atoms with Gasteiger partial charge in [-0.05, 0) is 52.2 Å². The maximum Gasteiger partial charge on any atom is -0.00158 e. The highest BCUT2D eigenvalue weighted by atomic mass is 15.1. The normalized spacial score (nSPS) is 20.1. The summed E-state index contributed by atoms with van der Waals surface area (Å²) >= 11 is 0. The Hall–Kier alpha value is -0.300. The van der Waals surface area contributed by atoms with E-state index in [1.165, 1.54) is 45.3 Å². The predicted molar refractivity (Wildman–Crippen MR) is 49.7 cm³/mol. The van der Waals surface area contributed by atoms with Crippen LogP contribution >= 0.6 is 0 Å². The molecule has 0 unspecified atom stereocenters. The van der Waals surface area contributed by atoms with Crippen LogP contribution in [0.5, 0.6) is 0 Å². The molecular weight excluding hydrogens is 134 g/mol. The minimum atomic E-state index is 1.26. The monoisotopic (exact) mass is 153 g/mol. The first kappa shape index (κ1) is 8.79. The van der Waals surface area contributed by atoms with E-state index < -0.39 is 0 Å². The van der Waals surface area contributed by atoms with E-state index in [2.05, 4.69) is 24.0 Å². The van der Waals surface area contributed by atoms with Gasteiger partial charge in [-0.1, -0.05) is 12.2 Å². The number of likely N-dealkylation sites (tertiary alicyclic amines) is 1. The van der Waals surface area contributed by atoms with Gasteiger partial charge in [-0.25, -0.2) is 0 Å². The molecule has 0 aromatic rings. The molecule has 0 spiro atoms. The van der Waals surface area contributed by atoms with E-state index in [9.17, 15) is 0 Å². The van der Waals surface area contributed by atoms with Crippen LogP contribution in [0.3, 0.4) is 0 Å². The summed E-state index contributed by atoms with van der Waals surface area (Å²) in [5, 5.41) is 0. The first-order valence-corrected chi connectivity index (χ1v) is 4.77. The zero-order chi connectivity index (χ0) is 7.94. The van der Waals surface area contributed by atoms with Gasteiger partial charge >= 0.3 is 0 Å². The Kier molecular flexibility index (Phi) is 4.29. The van der Waals surface area contributed by atoms with Crippen molar-refractivity contribution in [2.24, 2.45) is 0 Å². The number of hydrogen-bond acceptors (Lipinski definition) is 1. The van der Waals surface area contributed by atoms with Crippen molar-refractivity contribution >= 4 is 0 Å². The molecule has 0 aromatic carbocycles. The Morgan fingerprint density at radius 2 is 2.00 bits per heavy atom. The summed E-state index contributed by atoms with van der Waals surface area (Å²) in [4.78, 5) is 2.57. The minimum Gasteiger partial charge on any atom is -0.303 e. The fourth-order valence-corrected chi connectivity index (χ4v) is 1.61. The standard InChI is InChI=1S/C10H19N/c1-2-3-4-5-8-11-9-6-7-10-11/h2-3H,4-10H2,1H3. The maximum absolute atomic E-state index is 2.57. The van der Waals surface area contributed by atoms with Crippen molar-refractivity contribution in [2.75, 3.05) is 19.6 Å². The van der Waals surface area contributed by atoms with E-state index >= 15 is 0 Å². The number of nitrogens with zero attached hydrogens (tertiary/aromatic N) is 1. The summed E-state index contributed by atoms with van der Waals surface area (Å²) in [6.45, 7) is 6.09. The fourth-order valence-electron chi connectivity index (χ4n) is 1.61. The SMILES string of the molecule is CC=CCCCN1CCCC1. The molecule has 0 amide bonds. The lowest BCUT2D eigenvalue weighted by atomic mass is 10.3. The van der Waals surface area contributed by atoms with Crippen molar-refractivity contribution in [1.82, 2.24) is 4.90 Å². The van der Waals surface area contributed by atoms with Gasteiger partial charge in [-0.3, -0.25) is 0 Å². The maximum atomic E-state index is 2.57. The second-order valence-electron chi connectivity index (χ2n) is 3.26. The molecule has 0 radical (unpaired) electrons. The smallest absolute Gasteiger partial charge is 0.00158 e. The predicted octanol–water partition coefficient (Wildman–Crippen LogP) is 2.44. The van der Waals surface area contributed by atoms with E-state index in [4.69, 9.17) is 0 Å². The quantitative estimate of drug-likeness (QED) is 0.443. The van der Waals surface area contributed by atoms with Crippen molar-refractivity contribution < 1.29 is 0 Å². The van der Waals surface area contributed by atoms with Gasteiger partial charge in [0.15, 0.2) is 0 Å². The highest BCUT2D eigenvalue weighted by molar-refractivity contribution is 4.77. The Labute approximate surface area is 70.1 Å². The van der Waals surface area contributed by atoms with Crippen LogP contribution in [0.4, 0.5) is 0 Å². The van der Waals surface area contributed by atoms with Gasteiger partial charge in [-0.2, -0.15) is 0 Å². The minimum absolute atomic E-state index is 1.26. The molecule has 64 valence electrons. The van der Waals surface area contributed by atoms with Crippen molar-refractivity contribution in [1.29, 1.82) is 0 Å². The second kappa shape index (κ2) is 5.36. The lowest BCUT2D eigenvalue weighted by Gasteiger charge is -2.12. The molecule has 0 aliphatic carbocycles. The van der Waals surface area contributed by atoms with Gasteiger partial charge in [0.25, 0.3) is 0 Å². The van der Waals surface area contributed by atoms with E-state index in [0.29, 0.717) is 0 Å². The molecule has 1 rings (SSSR count). The molecule has 11 heavy (non-hydrogen) atoms. The molecule has 0 N–H and O–H groups in total. The third kappa shape index (κ3) is 3.57. The Morgan fingerprint density at radius 1 is 1.27 bits per heavy atom. The summed E-state index contributed by atoms with van der Waals surface area (Å²) in [7, 11) is 0. The zero-order valence-corrected chi connectivity index (χ0v) is 7.55. The Morgan fingerprint density at radius 3 is 2.64 bits per heavy atom. The molecule has 1 heteroatoms. The summed E-state index contributed by atoms with van der Waals surface area (Å²) in [6.07, 6.45) is 9.84. The molecule has 1 saturated heterocycles. The van der Waals surface area contributed by atoms with Crippen LogP contribution in [-0.4, -0.2) is 24.5 Å². The molecule has 1 aliphatic rings. The Balaban J connectivity index is 1.93. The second-order valence-corrected chi connectivity index (χ2v) is 3.26. The molecule has 1 aliphatic heterocycles. The average Bonchev–Trinajstić information content (AvgIpc) is 2.50. The number of rotatable bonds is 4. The first-order chi connectivity index (χ1) is 5.43. The highest BCUT2D eigenvalue weighted by Crippen LogP contribution is 2.08. The van der Waals surface area contributed by atoms with Crippen LogP contribution in [0.1, 0.15) is 32.6 Å². The van der Waals surface area contributed by atoms with Gasteiger partial charge in [0.2, 0.25) is 0 Å².